The summed E-state index contributed by atoms with van der Waals surface area (Å²) < 4.78 is 12.0. The molecular weight excluding hydrogens is 218 g/mol. The van der Waals surface area contributed by atoms with Gasteiger partial charge in [0.2, 0.25) is 0 Å². The second-order valence-corrected chi connectivity index (χ2v) is 6.99. The van der Waals surface area contributed by atoms with Crippen molar-refractivity contribution in [3.63, 3.8) is 0 Å². The maximum atomic E-state index is 12.0. The van der Waals surface area contributed by atoms with Crippen LogP contribution in [0.3, 0.4) is 0 Å². The fraction of sp³-hybridized carbons (Fsp3) is 0.538. The lowest BCUT2D eigenvalue weighted by Gasteiger charge is -2.19. The molecule has 16 heavy (non-hydrogen) atoms. The lowest BCUT2D eigenvalue weighted by molar-refractivity contribution is 0.589. The zero-order valence-corrected chi connectivity index (χ0v) is 11.3. The highest BCUT2D eigenvalue weighted by Gasteiger charge is 2.15. The van der Waals surface area contributed by atoms with E-state index in [1.165, 1.54) is 5.56 Å². The molecule has 0 bridgehead atoms. The van der Waals surface area contributed by atoms with Crippen LogP contribution >= 0.6 is 0 Å². The van der Waals surface area contributed by atoms with Crippen LogP contribution in [-0.2, 0) is 16.2 Å². The van der Waals surface area contributed by atoms with E-state index < -0.39 is 10.8 Å². The van der Waals surface area contributed by atoms with Crippen LogP contribution < -0.4 is 5.73 Å². The van der Waals surface area contributed by atoms with Gasteiger partial charge in [0, 0.05) is 16.7 Å². The van der Waals surface area contributed by atoms with E-state index in [-0.39, 0.29) is 10.7 Å². The fourth-order valence-corrected chi connectivity index (χ4v) is 2.45. The van der Waals surface area contributed by atoms with Crippen molar-refractivity contribution in [2.75, 3.05) is 6.54 Å². The molecule has 0 aliphatic carbocycles. The molecule has 1 rings (SSSR count). The van der Waals surface area contributed by atoms with E-state index in [4.69, 9.17) is 5.73 Å². The number of rotatable bonds is 3. The Labute approximate surface area is 101 Å². The van der Waals surface area contributed by atoms with Crippen molar-refractivity contribution in [2.45, 2.75) is 43.3 Å². The summed E-state index contributed by atoms with van der Waals surface area (Å²) in [6.45, 7) is 8.87. The van der Waals surface area contributed by atoms with Crippen LogP contribution in [0.4, 0.5) is 0 Å². The average Bonchev–Trinajstić information content (AvgIpc) is 2.26. The van der Waals surface area contributed by atoms with Crippen LogP contribution in [0.1, 0.15) is 33.3 Å². The molecule has 0 fully saturated rings. The molecule has 0 aromatic heterocycles. The molecule has 2 atom stereocenters. The highest BCUT2D eigenvalue weighted by molar-refractivity contribution is 7.85. The molecule has 2 unspecified atom stereocenters. The summed E-state index contributed by atoms with van der Waals surface area (Å²) in [4.78, 5) is 0.867. The molecule has 2 N–H and O–H groups in total. The molecule has 3 heteroatoms. The Morgan fingerprint density at radius 2 is 1.75 bits per heavy atom. The number of benzene rings is 1. The van der Waals surface area contributed by atoms with E-state index in [2.05, 4.69) is 32.9 Å². The van der Waals surface area contributed by atoms with Gasteiger partial charge in [0.1, 0.15) is 0 Å². The largest absolute Gasteiger partial charge is 0.329 e. The quantitative estimate of drug-likeness (QED) is 0.880. The first-order chi connectivity index (χ1) is 7.36. The Morgan fingerprint density at radius 3 is 2.12 bits per heavy atom. The topological polar surface area (TPSA) is 43.1 Å². The molecule has 0 saturated heterocycles. The first-order valence-corrected chi connectivity index (χ1v) is 6.78. The summed E-state index contributed by atoms with van der Waals surface area (Å²) in [5, 5.41) is 0.0143. The minimum Gasteiger partial charge on any atom is -0.329 e. The van der Waals surface area contributed by atoms with Crippen LogP contribution in [0.5, 0.6) is 0 Å². The Bertz CT molecular complexity index is 365. The maximum absolute atomic E-state index is 12.0. The van der Waals surface area contributed by atoms with Crippen molar-refractivity contribution >= 4 is 10.8 Å². The highest BCUT2D eigenvalue weighted by atomic mass is 32.2. The van der Waals surface area contributed by atoms with Gasteiger partial charge in [0.25, 0.3) is 0 Å². The van der Waals surface area contributed by atoms with E-state index in [9.17, 15) is 4.21 Å². The van der Waals surface area contributed by atoms with Crippen LogP contribution in [0.15, 0.2) is 29.2 Å². The van der Waals surface area contributed by atoms with Gasteiger partial charge < -0.3 is 5.73 Å². The third-order valence-electron chi connectivity index (χ3n) is 2.65. The summed E-state index contributed by atoms with van der Waals surface area (Å²) in [6, 6.07) is 8.00. The summed E-state index contributed by atoms with van der Waals surface area (Å²) >= 11 is 0. The number of nitrogens with two attached hydrogens (primary N) is 1. The van der Waals surface area contributed by atoms with Gasteiger partial charge >= 0.3 is 0 Å². The van der Waals surface area contributed by atoms with Crippen LogP contribution in [-0.4, -0.2) is 16.0 Å². The van der Waals surface area contributed by atoms with E-state index in [1.54, 1.807) is 0 Å². The van der Waals surface area contributed by atoms with Gasteiger partial charge in [-0.1, -0.05) is 32.9 Å². The Hall–Kier alpha value is -0.670. The van der Waals surface area contributed by atoms with Gasteiger partial charge in [0.15, 0.2) is 0 Å². The number of hydrogen-bond donors (Lipinski definition) is 1. The minimum atomic E-state index is -0.988. The molecule has 0 heterocycles. The summed E-state index contributed by atoms with van der Waals surface area (Å²) in [6.07, 6.45) is 0. The normalized spacial score (nSPS) is 15.8. The predicted octanol–water partition coefficient (Wildman–Crippen LogP) is 2.44. The summed E-state index contributed by atoms with van der Waals surface area (Å²) in [7, 11) is -0.988. The minimum absolute atomic E-state index is 0.0143. The third-order valence-corrected chi connectivity index (χ3v) is 4.31. The van der Waals surface area contributed by atoms with E-state index in [0.29, 0.717) is 6.54 Å². The second kappa shape index (κ2) is 5.11. The SMILES string of the molecule is CC(CN)S(=O)c1ccc(C(C)(C)C)cc1. The monoisotopic (exact) mass is 239 g/mol. The van der Waals surface area contributed by atoms with Gasteiger partial charge in [-0.2, -0.15) is 0 Å². The molecule has 2 nitrogen and oxygen atoms in total. The Kier molecular flexibility index (Phi) is 4.28. The number of hydrogen-bond acceptors (Lipinski definition) is 2. The summed E-state index contributed by atoms with van der Waals surface area (Å²) in [5.74, 6) is 0. The molecule has 0 radical (unpaired) electrons. The maximum Gasteiger partial charge on any atom is 0.0570 e. The predicted molar refractivity (Wildman–Crippen MR) is 70.1 cm³/mol. The average molecular weight is 239 g/mol. The zero-order chi connectivity index (χ0) is 12.3. The lowest BCUT2D eigenvalue weighted by Crippen LogP contribution is -2.22. The standard InChI is InChI=1S/C13H21NOS/c1-10(9-14)16(15)12-7-5-11(6-8-12)13(2,3)4/h5-8,10H,9,14H2,1-4H3. The first kappa shape index (κ1) is 13.4. The van der Waals surface area contributed by atoms with Gasteiger partial charge in [-0.3, -0.25) is 4.21 Å². The second-order valence-electron chi connectivity index (χ2n) is 5.12. The molecule has 0 aliphatic heterocycles. The molecular formula is C13H21NOS. The van der Waals surface area contributed by atoms with Crippen molar-refractivity contribution in [3.8, 4) is 0 Å². The molecule has 0 aliphatic rings. The van der Waals surface area contributed by atoms with Crippen LogP contribution in [0, 0.1) is 0 Å². The molecule has 0 amide bonds. The molecule has 90 valence electrons. The van der Waals surface area contributed by atoms with E-state index >= 15 is 0 Å². The van der Waals surface area contributed by atoms with Crippen LogP contribution in [0.25, 0.3) is 0 Å². The molecule has 0 spiro atoms. The van der Waals surface area contributed by atoms with Gasteiger partial charge in [-0.25, -0.2) is 0 Å². The van der Waals surface area contributed by atoms with Crippen LogP contribution in [0.2, 0.25) is 0 Å². The van der Waals surface area contributed by atoms with Crippen molar-refractivity contribution in [2.24, 2.45) is 5.73 Å². The van der Waals surface area contributed by atoms with Crippen molar-refractivity contribution < 1.29 is 4.21 Å². The highest BCUT2D eigenvalue weighted by Crippen LogP contribution is 2.23. The van der Waals surface area contributed by atoms with Crippen molar-refractivity contribution in [1.29, 1.82) is 0 Å². The zero-order valence-electron chi connectivity index (χ0n) is 10.5. The first-order valence-electron chi connectivity index (χ1n) is 5.57. The Morgan fingerprint density at radius 1 is 1.25 bits per heavy atom. The van der Waals surface area contributed by atoms with E-state index in [1.807, 2.05) is 19.1 Å². The van der Waals surface area contributed by atoms with Crippen molar-refractivity contribution in [1.82, 2.24) is 0 Å². The van der Waals surface area contributed by atoms with E-state index in [0.717, 1.165) is 4.90 Å². The smallest absolute Gasteiger partial charge is 0.0570 e. The molecule has 1 aromatic rings. The fourth-order valence-electron chi connectivity index (χ4n) is 1.41. The molecule has 1 aromatic carbocycles. The van der Waals surface area contributed by atoms with Gasteiger partial charge in [-0.15, -0.1) is 0 Å². The summed E-state index contributed by atoms with van der Waals surface area (Å²) in [5.41, 5.74) is 6.91. The Balaban J connectivity index is 2.91. The third kappa shape index (κ3) is 3.16. The van der Waals surface area contributed by atoms with Crippen molar-refractivity contribution in [3.05, 3.63) is 29.8 Å². The van der Waals surface area contributed by atoms with Gasteiger partial charge in [-0.05, 0) is 30.0 Å². The molecule has 0 saturated carbocycles. The van der Waals surface area contributed by atoms with Gasteiger partial charge in [0.05, 0.1) is 10.8 Å². The lowest BCUT2D eigenvalue weighted by atomic mass is 9.87.